The van der Waals surface area contributed by atoms with E-state index in [2.05, 4.69) is 152 Å². The molecule has 2 heterocycles. The largest absolute Gasteiger partial charge is 0.456 e. The molecule has 10 rings (SSSR count). The van der Waals surface area contributed by atoms with E-state index in [1.165, 1.54) is 38.2 Å². The Morgan fingerprint density at radius 2 is 0.941 bits per heavy atom. The van der Waals surface area contributed by atoms with E-state index in [4.69, 9.17) is 19.4 Å². The van der Waals surface area contributed by atoms with Crippen molar-refractivity contribution < 1.29 is 4.42 Å². The molecule has 0 saturated carbocycles. The van der Waals surface area contributed by atoms with Crippen LogP contribution in [0.3, 0.4) is 0 Å². The predicted molar refractivity (Wildman–Crippen MR) is 210 cm³/mol. The molecule has 1 aliphatic carbocycles. The van der Waals surface area contributed by atoms with Crippen LogP contribution in [-0.4, -0.2) is 15.0 Å². The van der Waals surface area contributed by atoms with Crippen LogP contribution in [0.5, 0.6) is 0 Å². The quantitative estimate of drug-likeness (QED) is 0.185. The summed E-state index contributed by atoms with van der Waals surface area (Å²) in [6.45, 7) is 0. The summed E-state index contributed by atoms with van der Waals surface area (Å²) >= 11 is 0. The summed E-state index contributed by atoms with van der Waals surface area (Å²) in [5.41, 5.74) is 9.69. The second-order valence-electron chi connectivity index (χ2n) is 13.2. The fourth-order valence-corrected chi connectivity index (χ4v) is 7.38. The molecule has 0 bridgehead atoms. The molecule has 9 aromatic rings. The van der Waals surface area contributed by atoms with E-state index in [1.807, 2.05) is 12.1 Å². The highest BCUT2D eigenvalue weighted by atomic mass is 16.3. The van der Waals surface area contributed by atoms with Crippen LogP contribution in [0.15, 0.2) is 168 Å². The average Bonchev–Trinajstić information content (AvgIpc) is 3.59. The Bertz CT molecular complexity index is 2860. The summed E-state index contributed by atoms with van der Waals surface area (Å²) < 4.78 is 6.19. The zero-order valence-electron chi connectivity index (χ0n) is 27.8. The van der Waals surface area contributed by atoms with Gasteiger partial charge in [-0.2, -0.15) is 0 Å². The Morgan fingerprint density at radius 3 is 1.69 bits per heavy atom. The van der Waals surface area contributed by atoms with E-state index in [0.717, 1.165) is 57.0 Å². The van der Waals surface area contributed by atoms with Crippen molar-refractivity contribution in [1.82, 2.24) is 15.0 Å². The molecule has 0 unspecified atom stereocenters. The Labute approximate surface area is 295 Å². The highest BCUT2D eigenvalue weighted by Crippen LogP contribution is 2.39. The molecule has 0 radical (unpaired) electrons. The van der Waals surface area contributed by atoms with Crippen molar-refractivity contribution in [2.75, 3.05) is 0 Å². The monoisotopic (exact) mass is 653 g/mol. The van der Waals surface area contributed by atoms with Crippen LogP contribution in [0.1, 0.15) is 24.2 Å². The normalized spacial score (nSPS) is 13.2. The SMILES string of the molecule is C1=C(c2nc(-c3ccc(-c4ccc5ccccc5c4)cc3)nc(-c3ccc4ccccc4c3)n2)CCC(c2cccc3oc4ccccc4c23)=C1. The fourth-order valence-electron chi connectivity index (χ4n) is 7.38. The van der Waals surface area contributed by atoms with E-state index >= 15 is 0 Å². The highest BCUT2D eigenvalue weighted by Gasteiger charge is 2.19. The van der Waals surface area contributed by atoms with Crippen LogP contribution in [0.4, 0.5) is 0 Å². The van der Waals surface area contributed by atoms with Crippen molar-refractivity contribution in [3.63, 3.8) is 0 Å². The molecule has 1 aliphatic rings. The van der Waals surface area contributed by atoms with Gasteiger partial charge in [-0.05, 0) is 86.5 Å². The Balaban J connectivity index is 1.06. The molecule has 51 heavy (non-hydrogen) atoms. The summed E-state index contributed by atoms with van der Waals surface area (Å²) in [6, 6.07) is 53.1. The summed E-state index contributed by atoms with van der Waals surface area (Å²) in [6.07, 6.45) is 6.11. The lowest BCUT2D eigenvalue weighted by Gasteiger charge is -2.16. The zero-order chi connectivity index (χ0) is 33.7. The summed E-state index contributed by atoms with van der Waals surface area (Å²) in [7, 11) is 0. The van der Waals surface area contributed by atoms with Gasteiger partial charge in [0.05, 0.1) is 0 Å². The molecule has 0 fully saturated rings. The molecule has 240 valence electrons. The minimum absolute atomic E-state index is 0.665. The van der Waals surface area contributed by atoms with Gasteiger partial charge in [0.1, 0.15) is 11.2 Å². The maximum absolute atomic E-state index is 6.19. The van der Waals surface area contributed by atoms with Gasteiger partial charge in [0.2, 0.25) is 0 Å². The number of hydrogen-bond donors (Lipinski definition) is 0. The van der Waals surface area contributed by atoms with Gasteiger partial charge in [0, 0.05) is 21.9 Å². The van der Waals surface area contributed by atoms with Crippen LogP contribution in [0.2, 0.25) is 0 Å². The third-order valence-corrected chi connectivity index (χ3v) is 10.1. The molecule has 0 spiro atoms. The van der Waals surface area contributed by atoms with Crippen molar-refractivity contribution in [1.29, 1.82) is 0 Å². The van der Waals surface area contributed by atoms with Gasteiger partial charge in [-0.25, -0.2) is 15.0 Å². The van der Waals surface area contributed by atoms with Gasteiger partial charge >= 0.3 is 0 Å². The van der Waals surface area contributed by atoms with Crippen LogP contribution in [0.25, 0.3) is 88.5 Å². The lowest BCUT2D eigenvalue weighted by molar-refractivity contribution is 0.669. The second kappa shape index (κ2) is 12.0. The molecule has 0 saturated heterocycles. The van der Waals surface area contributed by atoms with Crippen molar-refractivity contribution in [3.8, 4) is 33.9 Å². The Hall–Kier alpha value is -6.65. The minimum atomic E-state index is 0.665. The third-order valence-electron chi connectivity index (χ3n) is 10.1. The molecule has 7 aromatic carbocycles. The van der Waals surface area contributed by atoms with Crippen LogP contribution in [-0.2, 0) is 0 Å². The number of furan rings is 1. The topological polar surface area (TPSA) is 51.8 Å². The number of allylic oxidation sites excluding steroid dienone is 4. The maximum atomic E-state index is 6.19. The van der Waals surface area contributed by atoms with Crippen molar-refractivity contribution in [3.05, 3.63) is 175 Å². The van der Waals surface area contributed by atoms with E-state index < -0.39 is 0 Å². The highest BCUT2D eigenvalue weighted by molar-refractivity contribution is 6.10. The van der Waals surface area contributed by atoms with Gasteiger partial charge in [-0.1, -0.05) is 140 Å². The number of rotatable bonds is 5. The van der Waals surface area contributed by atoms with Crippen molar-refractivity contribution in [2.45, 2.75) is 12.8 Å². The van der Waals surface area contributed by atoms with Crippen molar-refractivity contribution in [2.24, 2.45) is 0 Å². The maximum Gasteiger partial charge on any atom is 0.164 e. The van der Waals surface area contributed by atoms with E-state index in [-0.39, 0.29) is 0 Å². The fraction of sp³-hybridized carbons (Fsp3) is 0.0426. The summed E-state index contributed by atoms with van der Waals surface area (Å²) in [5.74, 6) is 2.05. The lowest BCUT2D eigenvalue weighted by Crippen LogP contribution is -2.04. The van der Waals surface area contributed by atoms with Gasteiger partial charge in [0.25, 0.3) is 0 Å². The molecule has 4 nitrogen and oxygen atoms in total. The summed E-state index contributed by atoms with van der Waals surface area (Å²) in [5, 5.41) is 7.13. The van der Waals surface area contributed by atoms with Crippen LogP contribution in [0, 0.1) is 0 Å². The van der Waals surface area contributed by atoms with Crippen molar-refractivity contribution >= 4 is 54.6 Å². The number of aromatic nitrogens is 3. The standard InChI is InChI=1S/C47H31N3O/c1-3-10-36-28-38(26-18-30(36)8-1)32-16-22-34(23-17-32)45-48-46(50-47(49-45)39-27-19-31-9-2-4-11-37(31)29-39)35-24-20-33(21-25-35)40-13-7-15-43-44(40)41-12-5-6-14-42(41)51-43/h1-20,22-24,26-29H,21,25H2. The van der Waals surface area contributed by atoms with E-state index in [0.29, 0.717) is 17.5 Å². The van der Waals surface area contributed by atoms with Crippen LogP contribution >= 0.6 is 0 Å². The molecule has 0 amide bonds. The Kier molecular flexibility index (Phi) is 6.91. The lowest BCUT2D eigenvalue weighted by atomic mass is 9.90. The molecule has 2 aromatic heterocycles. The third kappa shape index (κ3) is 5.29. The number of nitrogens with zero attached hydrogens (tertiary/aromatic N) is 3. The first-order valence-electron chi connectivity index (χ1n) is 17.4. The number of fused-ring (bicyclic) bond motifs is 5. The minimum Gasteiger partial charge on any atom is -0.456 e. The first kappa shape index (κ1) is 29.3. The second-order valence-corrected chi connectivity index (χ2v) is 13.2. The number of para-hydroxylation sites is 1. The van der Waals surface area contributed by atoms with E-state index in [1.54, 1.807) is 0 Å². The first-order valence-corrected chi connectivity index (χ1v) is 17.4. The Morgan fingerprint density at radius 1 is 0.392 bits per heavy atom. The molecular formula is C47H31N3O. The summed E-state index contributed by atoms with van der Waals surface area (Å²) in [4.78, 5) is 15.3. The molecular weight excluding hydrogens is 623 g/mol. The molecule has 0 aliphatic heterocycles. The zero-order valence-corrected chi connectivity index (χ0v) is 27.8. The first-order chi connectivity index (χ1) is 25.2. The number of benzene rings is 7. The van der Waals surface area contributed by atoms with E-state index in [9.17, 15) is 0 Å². The molecule has 0 atom stereocenters. The van der Waals surface area contributed by atoms with Gasteiger partial charge in [-0.15, -0.1) is 0 Å². The molecule has 4 heteroatoms. The molecule has 0 N–H and O–H groups in total. The number of hydrogen-bond acceptors (Lipinski definition) is 4. The van der Waals surface area contributed by atoms with Crippen LogP contribution < -0.4 is 0 Å². The average molecular weight is 654 g/mol. The predicted octanol–water partition coefficient (Wildman–Crippen LogP) is 12.3. The smallest absolute Gasteiger partial charge is 0.164 e. The van der Waals surface area contributed by atoms with Gasteiger partial charge < -0.3 is 4.42 Å². The van der Waals surface area contributed by atoms with Gasteiger partial charge in [0.15, 0.2) is 17.5 Å². The van der Waals surface area contributed by atoms with Gasteiger partial charge in [-0.3, -0.25) is 0 Å².